The predicted molar refractivity (Wildman–Crippen MR) is 97.3 cm³/mol. The van der Waals surface area contributed by atoms with E-state index in [1.807, 2.05) is 0 Å². The molecule has 0 unspecified atom stereocenters. The molecule has 0 radical (unpaired) electrons. The number of aryl methyl sites for hydroxylation is 1. The topological polar surface area (TPSA) is 15.3 Å². The molecule has 0 aliphatic carbocycles. The summed E-state index contributed by atoms with van der Waals surface area (Å²) < 4.78 is 1.19. The standard InChI is InChI=1S/C17H23BrN2S/c1-12(2)19-9-14-5-6-16(13(3)7-14)20(4)10-15-8-17(18)21-11-15/h5-8,11-12,19H,9-10H2,1-4H3. The van der Waals surface area contributed by atoms with Gasteiger partial charge in [0.1, 0.15) is 0 Å². The molecular weight excluding hydrogens is 344 g/mol. The summed E-state index contributed by atoms with van der Waals surface area (Å²) in [5, 5.41) is 5.67. The first-order chi connectivity index (χ1) is 9.95. The van der Waals surface area contributed by atoms with Gasteiger partial charge >= 0.3 is 0 Å². The van der Waals surface area contributed by atoms with Crippen molar-refractivity contribution in [2.45, 2.75) is 39.9 Å². The van der Waals surface area contributed by atoms with Crippen LogP contribution in [0.1, 0.15) is 30.5 Å². The maximum absolute atomic E-state index is 3.52. The Kier molecular flexibility index (Phi) is 5.85. The Morgan fingerprint density at radius 1 is 1.24 bits per heavy atom. The van der Waals surface area contributed by atoms with E-state index < -0.39 is 0 Å². The van der Waals surface area contributed by atoms with Crippen LogP contribution in [0.25, 0.3) is 0 Å². The Hall–Kier alpha value is -0.840. The van der Waals surface area contributed by atoms with E-state index in [2.05, 4.69) is 83.6 Å². The van der Waals surface area contributed by atoms with Crippen LogP contribution in [-0.4, -0.2) is 13.1 Å². The van der Waals surface area contributed by atoms with Gasteiger partial charge in [0.15, 0.2) is 0 Å². The third-order valence-corrected chi connectivity index (χ3v) is 4.98. The fourth-order valence-corrected chi connectivity index (χ4v) is 3.57. The molecular formula is C17H23BrN2S. The number of halogens is 1. The molecule has 0 aliphatic rings. The van der Waals surface area contributed by atoms with Gasteiger partial charge in [0.2, 0.25) is 0 Å². The molecule has 0 spiro atoms. The number of thiophene rings is 1. The Balaban J connectivity index is 2.05. The molecule has 2 nitrogen and oxygen atoms in total. The molecule has 0 amide bonds. The lowest BCUT2D eigenvalue weighted by Gasteiger charge is -2.22. The lowest BCUT2D eigenvalue weighted by molar-refractivity contribution is 0.588. The maximum Gasteiger partial charge on any atom is 0.0701 e. The minimum atomic E-state index is 0.518. The van der Waals surface area contributed by atoms with E-state index in [9.17, 15) is 0 Å². The molecule has 1 N–H and O–H groups in total. The highest BCUT2D eigenvalue weighted by Crippen LogP contribution is 2.25. The first kappa shape index (κ1) is 16.5. The second-order valence-corrected chi connectivity index (χ2v) is 8.06. The summed E-state index contributed by atoms with van der Waals surface area (Å²) in [5.41, 5.74) is 5.32. The lowest BCUT2D eigenvalue weighted by Crippen LogP contribution is -2.22. The van der Waals surface area contributed by atoms with E-state index in [1.165, 1.54) is 26.2 Å². The van der Waals surface area contributed by atoms with Gasteiger partial charge in [0, 0.05) is 31.9 Å². The molecule has 2 rings (SSSR count). The van der Waals surface area contributed by atoms with Crippen LogP contribution in [0.2, 0.25) is 0 Å². The number of rotatable bonds is 6. The first-order valence-corrected chi connectivity index (χ1v) is 8.90. The molecule has 0 saturated heterocycles. The SMILES string of the molecule is Cc1cc(CNC(C)C)ccc1N(C)Cc1csc(Br)c1. The van der Waals surface area contributed by atoms with Crippen LogP contribution < -0.4 is 10.2 Å². The normalized spacial score (nSPS) is 11.1. The van der Waals surface area contributed by atoms with E-state index in [-0.39, 0.29) is 0 Å². The van der Waals surface area contributed by atoms with Gasteiger partial charge < -0.3 is 10.2 Å². The van der Waals surface area contributed by atoms with Gasteiger partial charge in [-0.25, -0.2) is 0 Å². The summed E-state index contributed by atoms with van der Waals surface area (Å²) >= 11 is 5.26. The van der Waals surface area contributed by atoms with Gasteiger partial charge in [-0.05, 0) is 57.1 Å². The van der Waals surface area contributed by atoms with Crippen molar-refractivity contribution < 1.29 is 0 Å². The summed E-state index contributed by atoms with van der Waals surface area (Å²) in [7, 11) is 2.15. The monoisotopic (exact) mass is 366 g/mol. The van der Waals surface area contributed by atoms with E-state index >= 15 is 0 Å². The second-order valence-electron chi connectivity index (χ2n) is 5.77. The number of nitrogens with zero attached hydrogens (tertiary/aromatic N) is 1. The smallest absolute Gasteiger partial charge is 0.0701 e. The predicted octanol–water partition coefficient (Wildman–Crippen LogP) is 4.95. The molecule has 2 aromatic rings. The van der Waals surface area contributed by atoms with Crippen molar-refractivity contribution in [3.05, 3.63) is 50.1 Å². The summed E-state index contributed by atoms with van der Waals surface area (Å²) in [6.45, 7) is 8.41. The largest absolute Gasteiger partial charge is 0.370 e. The van der Waals surface area contributed by atoms with Crippen LogP contribution in [0.15, 0.2) is 33.4 Å². The van der Waals surface area contributed by atoms with Gasteiger partial charge in [-0.2, -0.15) is 0 Å². The van der Waals surface area contributed by atoms with Crippen molar-refractivity contribution in [2.75, 3.05) is 11.9 Å². The molecule has 0 saturated carbocycles. The van der Waals surface area contributed by atoms with E-state index in [0.717, 1.165) is 13.1 Å². The third-order valence-electron chi connectivity index (χ3n) is 3.43. The average Bonchev–Trinajstić information content (AvgIpc) is 2.81. The maximum atomic E-state index is 3.52. The Labute approximate surface area is 140 Å². The molecule has 0 atom stereocenters. The number of benzene rings is 1. The quantitative estimate of drug-likeness (QED) is 0.777. The minimum absolute atomic E-state index is 0.518. The molecule has 4 heteroatoms. The van der Waals surface area contributed by atoms with Crippen LogP contribution in [0.5, 0.6) is 0 Å². The van der Waals surface area contributed by atoms with Crippen molar-refractivity contribution in [3.8, 4) is 0 Å². The molecule has 1 aromatic carbocycles. The summed E-state index contributed by atoms with van der Waals surface area (Å²) in [6, 6.07) is 9.44. The number of hydrogen-bond acceptors (Lipinski definition) is 3. The van der Waals surface area contributed by atoms with E-state index in [4.69, 9.17) is 0 Å². The molecule has 0 fully saturated rings. The third kappa shape index (κ3) is 4.83. The summed E-state index contributed by atoms with van der Waals surface area (Å²) in [6.07, 6.45) is 0. The molecule has 0 bridgehead atoms. The van der Waals surface area contributed by atoms with Crippen molar-refractivity contribution in [3.63, 3.8) is 0 Å². The Bertz CT molecular complexity index is 592. The highest BCUT2D eigenvalue weighted by Gasteiger charge is 2.08. The molecule has 114 valence electrons. The van der Waals surface area contributed by atoms with Gasteiger partial charge in [0.05, 0.1) is 3.79 Å². The van der Waals surface area contributed by atoms with Gasteiger partial charge in [-0.3, -0.25) is 0 Å². The zero-order valence-corrected chi connectivity index (χ0v) is 15.5. The van der Waals surface area contributed by atoms with Crippen molar-refractivity contribution in [1.29, 1.82) is 0 Å². The number of hydrogen-bond donors (Lipinski definition) is 1. The van der Waals surface area contributed by atoms with Crippen molar-refractivity contribution in [1.82, 2.24) is 5.32 Å². The number of nitrogens with one attached hydrogen (secondary N) is 1. The van der Waals surface area contributed by atoms with Gasteiger partial charge in [-0.1, -0.05) is 26.0 Å². The summed E-state index contributed by atoms with van der Waals surface area (Å²) in [4.78, 5) is 2.31. The minimum Gasteiger partial charge on any atom is -0.370 e. The highest BCUT2D eigenvalue weighted by molar-refractivity contribution is 9.11. The zero-order chi connectivity index (χ0) is 15.4. The average molecular weight is 367 g/mol. The highest BCUT2D eigenvalue weighted by atomic mass is 79.9. The fraction of sp³-hybridized carbons (Fsp3) is 0.412. The summed E-state index contributed by atoms with van der Waals surface area (Å²) in [5.74, 6) is 0. The second kappa shape index (κ2) is 7.43. The van der Waals surface area contributed by atoms with Gasteiger partial charge in [0.25, 0.3) is 0 Å². The van der Waals surface area contributed by atoms with Crippen molar-refractivity contribution >= 4 is 33.0 Å². The number of anilines is 1. The molecule has 21 heavy (non-hydrogen) atoms. The Morgan fingerprint density at radius 2 is 2.00 bits per heavy atom. The fourth-order valence-electron chi connectivity index (χ4n) is 2.37. The van der Waals surface area contributed by atoms with Gasteiger partial charge in [-0.15, -0.1) is 11.3 Å². The van der Waals surface area contributed by atoms with Crippen LogP contribution in [0.3, 0.4) is 0 Å². The van der Waals surface area contributed by atoms with Crippen LogP contribution in [0, 0.1) is 6.92 Å². The Morgan fingerprint density at radius 3 is 2.57 bits per heavy atom. The van der Waals surface area contributed by atoms with E-state index in [1.54, 1.807) is 11.3 Å². The van der Waals surface area contributed by atoms with E-state index in [0.29, 0.717) is 6.04 Å². The van der Waals surface area contributed by atoms with Crippen LogP contribution in [0.4, 0.5) is 5.69 Å². The first-order valence-electron chi connectivity index (χ1n) is 7.22. The molecule has 0 aliphatic heterocycles. The zero-order valence-electron chi connectivity index (χ0n) is 13.1. The van der Waals surface area contributed by atoms with Crippen LogP contribution >= 0.6 is 27.3 Å². The van der Waals surface area contributed by atoms with Crippen LogP contribution in [-0.2, 0) is 13.1 Å². The lowest BCUT2D eigenvalue weighted by atomic mass is 10.1. The molecule has 1 aromatic heterocycles. The van der Waals surface area contributed by atoms with Crippen molar-refractivity contribution in [2.24, 2.45) is 0 Å². The molecule has 1 heterocycles.